The van der Waals surface area contributed by atoms with E-state index in [1.807, 2.05) is 45.0 Å². The van der Waals surface area contributed by atoms with Crippen LogP contribution in [0.4, 0.5) is 0 Å². The molecule has 0 spiro atoms. The number of rotatable bonds is 4. The fraction of sp³-hybridized carbons (Fsp3) is 0.444. The summed E-state index contributed by atoms with van der Waals surface area (Å²) >= 11 is 6.15. The van der Waals surface area contributed by atoms with E-state index in [1.165, 1.54) is 10.9 Å². The van der Waals surface area contributed by atoms with Crippen molar-refractivity contribution in [1.29, 1.82) is 0 Å². The van der Waals surface area contributed by atoms with Crippen LogP contribution in [0, 0.1) is 0 Å². The van der Waals surface area contributed by atoms with E-state index >= 15 is 0 Å². The van der Waals surface area contributed by atoms with Gasteiger partial charge in [-0.15, -0.1) is 0 Å². The first-order chi connectivity index (χ1) is 11.9. The highest BCUT2D eigenvalue weighted by Gasteiger charge is 2.20. The smallest absolute Gasteiger partial charge is 0.289 e. The van der Waals surface area contributed by atoms with E-state index in [0.717, 1.165) is 11.1 Å². The Bertz CT molecular complexity index is 790. The third-order valence-electron chi connectivity index (χ3n) is 3.79. The zero-order valence-electron chi connectivity index (χ0n) is 14.5. The van der Waals surface area contributed by atoms with Crippen LogP contribution in [0.25, 0.3) is 0 Å². The van der Waals surface area contributed by atoms with Gasteiger partial charge in [-0.25, -0.2) is 4.68 Å². The molecule has 0 N–H and O–H groups in total. The van der Waals surface area contributed by atoms with Crippen LogP contribution in [-0.4, -0.2) is 23.0 Å². The van der Waals surface area contributed by atoms with Crippen molar-refractivity contribution in [3.05, 3.63) is 57.0 Å². The summed E-state index contributed by atoms with van der Waals surface area (Å²) in [5.41, 5.74) is 1.10. The zero-order chi connectivity index (χ0) is 18.0. The highest BCUT2D eigenvalue weighted by Crippen LogP contribution is 2.25. The van der Waals surface area contributed by atoms with Gasteiger partial charge < -0.3 is 14.2 Å². The van der Waals surface area contributed by atoms with Crippen molar-refractivity contribution in [2.75, 3.05) is 13.2 Å². The topological polar surface area (TPSA) is 62.6 Å². The van der Waals surface area contributed by atoms with E-state index in [4.69, 9.17) is 25.8 Å². The molecule has 0 radical (unpaired) electrons. The average Bonchev–Trinajstić information content (AvgIpc) is 3.10. The SMILES string of the molecule is CC(C)(C)n1ncc(OCc2ccc(C3OCCO3)cc2)c(Cl)c1=O. The van der Waals surface area contributed by atoms with Gasteiger partial charge in [-0.3, -0.25) is 4.79 Å². The second-order valence-corrected chi connectivity index (χ2v) is 7.19. The Labute approximate surface area is 151 Å². The summed E-state index contributed by atoms with van der Waals surface area (Å²) in [6.07, 6.45) is 1.18. The van der Waals surface area contributed by atoms with Gasteiger partial charge in [0.15, 0.2) is 17.1 Å². The van der Waals surface area contributed by atoms with Crippen molar-refractivity contribution in [1.82, 2.24) is 9.78 Å². The van der Waals surface area contributed by atoms with Crippen LogP contribution >= 0.6 is 11.6 Å². The first-order valence-electron chi connectivity index (χ1n) is 8.09. The van der Waals surface area contributed by atoms with Crippen molar-refractivity contribution in [2.45, 2.75) is 39.2 Å². The van der Waals surface area contributed by atoms with Crippen molar-refractivity contribution in [2.24, 2.45) is 0 Å². The van der Waals surface area contributed by atoms with Gasteiger partial charge in [0.05, 0.1) is 24.9 Å². The monoisotopic (exact) mass is 364 g/mol. The average molecular weight is 365 g/mol. The molecule has 3 rings (SSSR count). The molecule has 1 fully saturated rings. The number of hydrogen-bond acceptors (Lipinski definition) is 5. The molecule has 25 heavy (non-hydrogen) atoms. The summed E-state index contributed by atoms with van der Waals surface area (Å²) in [4.78, 5) is 12.3. The Hall–Kier alpha value is -1.89. The van der Waals surface area contributed by atoms with Gasteiger partial charge >= 0.3 is 0 Å². The molecule has 1 aliphatic heterocycles. The van der Waals surface area contributed by atoms with Gasteiger partial charge in [-0.05, 0) is 26.3 Å². The number of hydrogen-bond donors (Lipinski definition) is 0. The third-order valence-corrected chi connectivity index (χ3v) is 4.14. The maximum atomic E-state index is 12.3. The summed E-state index contributed by atoms with van der Waals surface area (Å²) in [5.74, 6) is 0.277. The Morgan fingerprint density at radius 3 is 2.48 bits per heavy atom. The summed E-state index contributed by atoms with van der Waals surface area (Å²) < 4.78 is 17.9. The molecule has 0 atom stereocenters. The predicted octanol–water partition coefficient (Wildman–Crippen LogP) is 3.28. The normalized spacial score (nSPS) is 15.5. The lowest BCUT2D eigenvalue weighted by atomic mass is 10.1. The largest absolute Gasteiger partial charge is 0.485 e. The molecule has 0 aliphatic carbocycles. The van der Waals surface area contributed by atoms with Crippen LogP contribution < -0.4 is 10.3 Å². The minimum absolute atomic E-state index is 0.0364. The van der Waals surface area contributed by atoms with E-state index < -0.39 is 5.54 Å². The van der Waals surface area contributed by atoms with Gasteiger partial charge in [0.2, 0.25) is 0 Å². The molecule has 0 unspecified atom stereocenters. The van der Waals surface area contributed by atoms with Gasteiger partial charge in [-0.1, -0.05) is 35.9 Å². The minimum atomic E-state index is -0.445. The van der Waals surface area contributed by atoms with Crippen LogP contribution in [0.2, 0.25) is 5.02 Å². The second kappa shape index (κ2) is 7.15. The van der Waals surface area contributed by atoms with E-state index in [2.05, 4.69) is 5.10 Å². The predicted molar refractivity (Wildman–Crippen MR) is 93.9 cm³/mol. The molecule has 7 heteroatoms. The van der Waals surface area contributed by atoms with Crippen LogP contribution in [0.3, 0.4) is 0 Å². The first-order valence-corrected chi connectivity index (χ1v) is 8.47. The molecular formula is C18H21ClN2O4. The van der Waals surface area contributed by atoms with Crippen LogP contribution in [0.1, 0.15) is 38.2 Å². The molecular weight excluding hydrogens is 344 g/mol. The van der Waals surface area contributed by atoms with Crippen molar-refractivity contribution >= 4 is 11.6 Å². The number of aromatic nitrogens is 2. The fourth-order valence-electron chi connectivity index (χ4n) is 2.48. The minimum Gasteiger partial charge on any atom is -0.485 e. The van der Waals surface area contributed by atoms with Gasteiger partial charge in [0, 0.05) is 5.56 Å². The lowest BCUT2D eigenvalue weighted by Crippen LogP contribution is -2.36. The van der Waals surface area contributed by atoms with E-state index in [1.54, 1.807) is 0 Å². The molecule has 1 saturated heterocycles. The number of nitrogens with zero attached hydrogens (tertiary/aromatic N) is 2. The molecule has 1 aromatic carbocycles. The molecule has 1 aliphatic rings. The van der Waals surface area contributed by atoms with Gasteiger partial charge in [-0.2, -0.15) is 5.10 Å². The lowest BCUT2D eigenvalue weighted by Gasteiger charge is -2.21. The number of halogens is 1. The summed E-state index contributed by atoms with van der Waals surface area (Å²) in [6.45, 7) is 7.17. The molecule has 6 nitrogen and oxygen atoms in total. The maximum Gasteiger partial charge on any atom is 0.289 e. The quantitative estimate of drug-likeness (QED) is 0.833. The van der Waals surface area contributed by atoms with Crippen molar-refractivity contribution in [3.8, 4) is 5.75 Å². The number of benzene rings is 1. The molecule has 0 bridgehead atoms. The first kappa shape index (κ1) is 17.9. The molecule has 0 amide bonds. The highest BCUT2D eigenvalue weighted by atomic mass is 35.5. The van der Waals surface area contributed by atoms with Crippen molar-refractivity contribution in [3.63, 3.8) is 0 Å². The Morgan fingerprint density at radius 1 is 1.24 bits per heavy atom. The van der Waals surface area contributed by atoms with E-state index in [0.29, 0.717) is 13.2 Å². The summed E-state index contributed by atoms with van der Waals surface area (Å²) in [7, 11) is 0. The van der Waals surface area contributed by atoms with Crippen LogP contribution in [0.5, 0.6) is 5.75 Å². The van der Waals surface area contributed by atoms with Gasteiger partial charge in [0.25, 0.3) is 5.56 Å². The van der Waals surface area contributed by atoms with Crippen LogP contribution in [-0.2, 0) is 21.6 Å². The maximum absolute atomic E-state index is 12.3. The molecule has 2 aromatic rings. The molecule has 2 heterocycles. The van der Waals surface area contributed by atoms with E-state index in [-0.39, 0.29) is 29.2 Å². The molecule has 0 saturated carbocycles. The van der Waals surface area contributed by atoms with E-state index in [9.17, 15) is 4.79 Å². The highest BCUT2D eigenvalue weighted by molar-refractivity contribution is 6.31. The van der Waals surface area contributed by atoms with Crippen molar-refractivity contribution < 1.29 is 14.2 Å². The second-order valence-electron chi connectivity index (χ2n) is 6.81. The molecule has 134 valence electrons. The third kappa shape index (κ3) is 4.03. The zero-order valence-corrected chi connectivity index (χ0v) is 15.2. The Kier molecular flexibility index (Phi) is 5.13. The lowest BCUT2D eigenvalue weighted by molar-refractivity contribution is -0.0441. The summed E-state index contributed by atoms with van der Waals surface area (Å²) in [5, 5.41) is 4.19. The van der Waals surface area contributed by atoms with Crippen LogP contribution in [0.15, 0.2) is 35.3 Å². The fourth-order valence-corrected chi connectivity index (χ4v) is 2.66. The summed E-state index contributed by atoms with van der Waals surface area (Å²) in [6, 6.07) is 7.73. The Balaban J connectivity index is 1.69. The number of ether oxygens (including phenoxy) is 3. The van der Waals surface area contributed by atoms with Gasteiger partial charge in [0.1, 0.15) is 6.61 Å². The molecule has 1 aromatic heterocycles. The standard InChI is InChI=1S/C18H21ClN2O4/c1-18(2,3)21-16(22)15(19)14(10-20-21)25-11-12-4-6-13(7-5-12)17-23-8-9-24-17/h4-7,10,17H,8-9,11H2,1-3H3. The Morgan fingerprint density at radius 2 is 1.88 bits per heavy atom.